The molecule has 0 spiro atoms. The molecule has 1 heterocycles. The summed E-state index contributed by atoms with van der Waals surface area (Å²) in [5.74, 6) is -10.9. The second-order valence-corrected chi connectivity index (χ2v) is 14.0. The Morgan fingerprint density at radius 1 is 0.685 bits per heavy atom. The molecule has 0 saturated carbocycles. The molecule has 1 aliphatic rings. The molecule has 0 aliphatic carbocycles. The number of nitrogens with one attached hydrogen (secondary N) is 5. The molecule has 1 fully saturated rings. The van der Waals surface area contributed by atoms with Crippen LogP contribution < -0.4 is 32.3 Å². The van der Waals surface area contributed by atoms with Crippen LogP contribution in [0.4, 0.5) is 0 Å². The second-order valence-electron chi connectivity index (χ2n) is 13.0. The van der Waals surface area contributed by atoms with Gasteiger partial charge in [0.1, 0.15) is 36.3 Å². The lowest BCUT2D eigenvalue weighted by Crippen LogP contribution is -2.59. The Balaban J connectivity index is 3.31. The van der Waals surface area contributed by atoms with Gasteiger partial charge in [0, 0.05) is 19.4 Å². The molecule has 0 aromatic rings. The predicted octanol–water partition coefficient (Wildman–Crippen LogP) is -2.55. The average molecular weight is 790 g/mol. The summed E-state index contributed by atoms with van der Waals surface area (Å²) in [4.78, 5) is 126. The standard InChI is InChI=1S/C32H51N7O14S/c1-16(2)13-20(30(50)35-19(10-12-54-3)29(49)38-21(32(52)53)14-26(45)46)37-28(48)17(6-8-24(41)42)34-27(47)18(7-9-25(43)44)36-31(51)22-5-4-11-39(22)23(40)15-33/h16-22H,4-15,33H2,1-3H3,(H,34,47)(H,35,50)(H,36,51)(H,37,48)(H,38,49)(H,41,42)(H,43,44)(H,45,46)(H,52,53)/t17-,18-,19-,20-,21-,22-/m0/s1. The number of carbonyl (C=O) groups is 10. The van der Waals surface area contributed by atoms with Crippen molar-refractivity contribution in [3.63, 3.8) is 0 Å². The molecule has 22 heteroatoms. The normalized spacial score (nSPS) is 16.5. The minimum Gasteiger partial charge on any atom is -0.481 e. The van der Waals surface area contributed by atoms with Gasteiger partial charge in [-0.25, -0.2) is 4.79 Å². The van der Waals surface area contributed by atoms with E-state index >= 15 is 0 Å². The Kier molecular flexibility index (Phi) is 20.6. The third-order valence-electron chi connectivity index (χ3n) is 8.19. The van der Waals surface area contributed by atoms with E-state index in [9.17, 15) is 63.3 Å². The number of nitrogens with two attached hydrogens (primary N) is 1. The van der Waals surface area contributed by atoms with Crippen LogP contribution in [0.5, 0.6) is 0 Å². The van der Waals surface area contributed by atoms with E-state index in [0.29, 0.717) is 12.2 Å². The largest absolute Gasteiger partial charge is 0.481 e. The fraction of sp³-hybridized carbons (Fsp3) is 0.688. The number of aliphatic carboxylic acids is 4. The topological polar surface area (TPSA) is 341 Å². The quantitative estimate of drug-likeness (QED) is 0.0455. The highest BCUT2D eigenvalue weighted by Crippen LogP contribution is 2.18. The van der Waals surface area contributed by atoms with Crippen LogP contribution in [-0.2, 0) is 47.9 Å². The fourth-order valence-electron chi connectivity index (χ4n) is 5.47. The molecule has 0 bridgehead atoms. The number of hydrogen-bond acceptors (Lipinski definition) is 12. The van der Waals surface area contributed by atoms with Crippen molar-refractivity contribution in [2.24, 2.45) is 11.7 Å². The zero-order valence-electron chi connectivity index (χ0n) is 30.3. The molecule has 0 aromatic carbocycles. The van der Waals surface area contributed by atoms with Gasteiger partial charge < -0.3 is 57.6 Å². The van der Waals surface area contributed by atoms with Crippen molar-refractivity contribution < 1.29 is 68.4 Å². The van der Waals surface area contributed by atoms with Crippen LogP contribution >= 0.6 is 11.8 Å². The van der Waals surface area contributed by atoms with E-state index in [0.717, 1.165) is 0 Å². The molecule has 21 nitrogen and oxygen atoms in total. The lowest BCUT2D eigenvalue weighted by molar-refractivity contribution is -0.147. The number of likely N-dealkylation sites (tertiary alicyclic amines) is 1. The Morgan fingerprint density at radius 2 is 1.15 bits per heavy atom. The van der Waals surface area contributed by atoms with Crippen molar-refractivity contribution in [2.45, 2.75) is 108 Å². The molecule has 0 unspecified atom stereocenters. The van der Waals surface area contributed by atoms with Gasteiger partial charge in [-0.1, -0.05) is 13.8 Å². The summed E-state index contributed by atoms with van der Waals surface area (Å²) in [5, 5.41) is 48.8. The first-order valence-corrected chi connectivity index (χ1v) is 18.6. The Labute approximate surface area is 315 Å². The average Bonchev–Trinajstić information content (AvgIpc) is 3.58. The van der Waals surface area contributed by atoms with E-state index in [1.54, 1.807) is 20.1 Å². The SMILES string of the molecule is CSCC[C@H](NC(=O)[C@H](CC(C)C)NC(=O)[C@H](CCC(=O)O)NC(=O)[C@H](CCC(=O)O)NC(=O)[C@@H]1CCCN1C(=O)CN)C(=O)N[C@@H](CC(=O)O)C(=O)O. The van der Waals surface area contributed by atoms with Crippen LogP contribution in [0.25, 0.3) is 0 Å². The van der Waals surface area contributed by atoms with Gasteiger partial charge in [-0.3, -0.25) is 43.2 Å². The van der Waals surface area contributed by atoms with E-state index in [-0.39, 0.29) is 38.3 Å². The van der Waals surface area contributed by atoms with Gasteiger partial charge in [0.2, 0.25) is 35.4 Å². The van der Waals surface area contributed by atoms with Crippen molar-refractivity contribution in [3.8, 4) is 0 Å². The molecule has 11 N–H and O–H groups in total. The maximum Gasteiger partial charge on any atom is 0.326 e. The zero-order chi connectivity index (χ0) is 41.1. The summed E-state index contributed by atoms with van der Waals surface area (Å²) in [7, 11) is 0. The minimum absolute atomic E-state index is 0.0137. The zero-order valence-corrected chi connectivity index (χ0v) is 31.1. The molecule has 1 rings (SSSR count). The second kappa shape index (κ2) is 23.6. The fourth-order valence-corrected chi connectivity index (χ4v) is 5.94. The summed E-state index contributed by atoms with van der Waals surface area (Å²) >= 11 is 1.30. The number of thioether (sulfide) groups is 1. The Hall–Kier alpha value is -4.99. The minimum atomic E-state index is -1.80. The molecule has 6 amide bonds. The van der Waals surface area contributed by atoms with Gasteiger partial charge in [-0.2, -0.15) is 11.8 Å². The van der Waals surface area contributed by atoms with Crippen LogP contribution in [-0.4, -0.2) is 146 Å². The first-order valence-electron chi connectivity index (χ1n) is 17.2. The maximum absolute atomic E-state index is 13.6. The molecular weight excluding hydrogens is 738 g/mol. The van der Waals surface area contributed by atoms with E-state index in [4.69, 9.17) is 10.8 Å². The van der Waals surface area contributed by atoms with Crippen LogP contribution in [0.15, 0.2) is 0 Å². The Morgan fingerprint density at radius 3 is 1.59 bits per heavy atom. The summed E-state index contributed by atoms with van der Waals surface area (Å²) in [6.45, 7) is 3.28. The van der Waals surface area contributed by atoms with Crippen molar-refractivity contribution in [1.82, 2.24) is 31.5 Å². The van der Waals surface area contributed by atoms with Crippen LogP contribution in [0.1, 0.15) is 71.6 Å². The number of nitrogens with zero attached hydrogens (tertiary/aromatic N) is 1. The number of carbonyl (C=O) groups excluding carboxylic acids is 6. The van der Waals surface area contributed by atoms with Gasteiger partial charge in [-0.05, 0) is 56.5 Å². The van der Waals surface area contributed by atoms with Gasteiger partial charge >= 0.3 is 23.9 Å². The van der Waals surface area contributed by atoms with Gasteiger partial charge in [-0.15, -0.1) is 0 Å². The van der Waals surface area contributed by atoms with Gasteiger partial charge in [0.15, 0.2) is 0 Å². The number of rotatable bonds is 25. The van der Waals surface area contributed by atoms with Crippen molar-refractivity contribution >= 4 is 71.1 Å². The van der Waals surface area contributed by atoms with E-state index in [1.165, 1.54) is 16.7 Å². The summed E-state index contributed by atoms with van der Waals surface area (Å²) < 4.78 is 0. The van der Waals surface area contributed by atoms with E-state index < -0.39 is 128 Å². The van der Waals surface area contributed by atoms with E-state index in [1.807, 2.05) is 0 Å². The number of carboxylic acid groups (broad SMARTS) is 4. The third-order valence-corrected chi connectivity index (χ3v) is 8.83. The van der Waals surface area contributed by atoms with Crippen LogP contribution in [0.3, 0.4) is 0 Å². The molecule has 304 valence electrons. The highest BCUT2D eigenvalue weighted by molar-refractivity contribution is 7.98. The highest BCUT2D eigenvalue weighted by Gasteiger charge is 2.37. The van der Waals surface area contributed by atoms with E-state index in [2.05, 4.69) is 26.6 Å². The first kappa shape index (κ1) is 47.0. The number of carboxylic acids is 4. The molecule has 6 atom stereocenters. The molecule has 1 saturated heterocycles. The highest BCUT2D eigenvalue weighted by atomic mass is 32.2. The summed E-state index contributed by atoms with van der Waals surface area (Å²) in [6, 6.07) is -8.68. The van der Waals surface area contributed by atoms with Crippen molar-refractivity contribution in [3.05, 3.63) is 0 Å². The molecule has 0 radical (unpaired) electrons. The molecular formula is C32H51N7O14S. The summed E-state index contributed by atoms with van der Waals surface area (Å²) in [5.41, 5.74) is 5.44. The van der Waals surface area contributed by atoms with Crippen LogP contribution in [0.2, 0.25) is 0 Å². The number of hydrogen-bond donors (Lipinski definition) is 10. The Bertz CT molecular complexity index is 1400. The van der Waals surface area contributed by atoms with Crippen molar-refractivity contribution in [2.75, 3.05) is 25.1 Å². The predicted molar refractivity (Wildman–Crippen MR) is 190 cm³/mol. The molecule has 54 heavy (non-hydrogen) atoms. The first-order chi connectivity index (χ1) is 25.3. The van der Waals surface area contributed by atoms with Crippen molar-refractivity contribution in [1.29, 1.82) is 0 Å². The third kappa shape index (κ3) is 16.8. The maximum atomic E-state index is 13.6. The summed E-state index contributed by atoms with van der Waals surface area (Å²) in [6.07, 6.45) is -0.722. The van der Waals surface area contributed by atoms with Gasteiger partial charge in [0.25, 0.3) is 0 Å². The van der Waals surface area contributed by atoms with Gasteiger partial charge in [0.05, 0.1) is 13.0 Å². The monoisotopic (exact) mass is 789 g/mol. The van der Waals surface area contributed by atoms with Crippen LogP contribution in [0, 0.1) is 5.92 Å². The molecule has 0 aromatic heterocycles. The smallest absolute Gasteiger partial charge is 0.326 e. The lowest BCUT2D eigenvalue weighted by atomic mass is 10.0. The number of amides is 6. The molecule has 1 aliphatic heterocycles. The lowest BCUT2D eigenvalue weighted by Gasteiger charge is -2.28.